The highest BCUT2D eigenvalue weighted by atomic mass is 16.5. The minimum atomic E-state index is -0.0898. The fraction of sp³-hybridized carbons (Fsp3) is 0.250. The van der Waals surface area contributed by atoms with E-state index in [4.69, 9.17) is 9.47 Å². The highest BCUT2D eigenvalue weighted by Gasteiger charge is 2.08. The Kier molecular flexibility index (Phi) is 6.43. The molecule has 4 heteroatoms. The number of hydrogen-bond donors (Lipinski definition) is 0. The van der Waals surface area contributed by atoms with Gasteiger partial charge in [0.1, 0.15) is 0 Å². The van der Waals surface area contributed by atoms with Crippen molar-refractivity contribution in [2.45, 2.75) is 13.8 Å². The third-order valence-electron chi connectivity index (χ3n) is 3.46. The molecule has 0 aliphatic carbocycles. The number of benzene rings is 2. The molecule has 1 amide bonds. The summed E-state index contributed by atoms with van der Waals surface area (Å²) in [4.78, 5) is 13.9. The van der Waals surface area contributed by atoms with E-state index in [0.717, 1.165) is 11.3 Å². The van der Waals surface area contributed by atoms with E-state index in [1.54, 1.807) is 24.1 Å². The number of carbonyl (C=O) groups excluding carboxylic acids is 1. The number of amides is 1. The molecule has 0 saturated heterocycles. The topological polar surface area (TPSA) is 38.8 Å². The Morgan fingerprint density at radius 2 is 1.67 bits per heavy atom. The second-order valence-corrected chi connectivity index (χ2v) is 5.14. The monoisotopic (exact) mass is 325 g/mol. The molecule has 0 heterocycles. The predicted molar refractivity (Wildman–Crippen MR) is 97.7 cm³/mol. The standard InChI is InChI=1S/C20H23NO3/c1-4-23-18-13-11-16(15-19(18)24-5-2)12-14-20(22)21(3)17-9-7-6-8-10-17/h6-15H,4-5H2,1-3H3. The molecule has 0 saturated carbocycles. The van der Waals surface area contributed by atoms with Gasteiger partial charge in [-0.05, 0) is 49.8 Å². The largest absolute Gasteiger partial charge is 0.490 e. The van der Waals surface area contributed by atoms with E-state index in [9.17, 15) is 4.79 Å². The van der Waals surface area contributed by atoms with Gasteiger partial charge in [-0.25, -0.2) is 0 Å². The molecule has 2 aromatic carbocycles. The van der Waals surface area contributed by atoms with Crippen LogP contribution in [0.25, 0.3) is 6.08 Å². The third-order valence-corrected chi connectivity index (χ3v) is 3.46. The van der Waals surface area contributed by atoms with E-state index < -0.39 is 0 Å². The molecular weight excluding hydrogens is 302 g/mol. The van der Waals surface area contributed by atoms with Crippen molar-refractivity contribution in [3.8, 4) is 11.5 Å². The second-order valence-electron chi connectivity index (χ2n) is 5.14. The zero-order valence-electron chi connectivity index (χ0n) is 14.4. The highest BCUT2D eigenvalue weighted by molar-refractivity contribution is 6.03. The summed E-state index contributed by atoms with van der Waals surface area (Å²) in [7, 11) is 1.76. The average molecular weight is 325 g/mol. The van der Waals surface area contributed by atoms with Crippen molar-refractivity contribution >= 4 is 17.7 Å². The van der Waals surface area contributed by atoms with Crippen molar-refractivity contribution in [3.05, 3.63) is 60.2 Å². The summed E-state index contributed by atoms with van der Waals surface area (Å²) in [6.07, 6.45) is 3.33. The lowest BCUT2D eigenvalue weighted by Gasteiger charge is -2.15. The number of anilines is 1. The number of ether oxygens (including phenoxy) is 2. The zero-order chi connectivity index (χ0) is 17.4. The molecule has 0 N–H and O–H groups in total. The molecule has 126 valence electrons. The van der Waals surface area contributed by atoms with Gasteiger partial charge in [0, 0.05) is 18.8 Å². The van der Waals surface area contributed by atoms with Crippen molar-refractivity contribution in [1.82, 2.24) is 0 Å². The molecule has 0 fully saturated rings. The van der Waals surface area contributed by atoms with Crippen molar-refractivity contribution in [1.29, 1.82) is 0 Å². The highest BCUT2D eigenvalue weighted by Crippen LogP contribution is 2.29. The molecule has 0 aliphatic rings. The van der Waals surface area contributed by atoms with Crippen LogP contribution in [0.1, 0.15) is 19.4 Å². The van der Waals surface area contributed by atoms with Crippen LogP contribution in [0.15, 0.2) is 54.6 Å². The van der Waals surface area contributed by atoms with Crippen LogP contribution in [0.5, 0.6) is 11.5 Å². The maximum absolute atomic E-state index is 12.3. The molecule has 2 rings (SSSR count). The summed E-state index contributed by atoms with van der Waals surface area (Å²) in [5.41, 5.74) is 1.74. The first-order valence-corrected chi connectivity index (χ1v) is 8.06. The van der Waals surface area contributed by atoms with E-state index in [1.165, 1.54) is 0 Å². The SMILES string of the molecule is CCOc1ccc(C=CC(=O)N(C)c2ccccc2)cc1OCC. The summed E-state index contributed by atoms with van der Waals surface area (Å²) >= 11 is 0. The van der Waals surface area contributed by atoms with Gasteiger partial charge in [-0.3, -0.25) is 4.79 Å². The maximum atomic E-state index is 12.3. The number of nitrogens with zero attached hydrogens (tertiary/aromatic N) is 1. The average Bonchev–Trinajstić information content (AvgIpc) is 2.62. The summed E-state index contributed by atoms with van der Waals surface area (Å²) < 4.78 is 11.1. The van der Waals surface area contributed by atoms with Gasteiger partial charge in [-0.15, -0.1) is 0 Å². The first-order chi connectivity index (χ1) is 11.7. The van der Waals surface area contributed by atoms with Crippen molar-refractivity contribution in [2.75, 3.05) is 25.2 Å². The van der Waals surface area contributed by atoms with Crippen LogP contribution in [0.4, 0.5) is 5.69 Å². The number of para-hydroxylation sites is 1. The van der Waals surface area contributed by atoms with Gasteiger partial charge in [-0.1, -0.05) is 24.3 Å². The Morgan fingerprint density at radius 3 is 2.33 bits per heavy atom. The van der Waals surface area contributed by atoms with Crippen LogP contribution in [0, 0.1) is 0 Å². The number of hydrogen-bond acceptors (Lipinski definition) is 3. The second kappa shape index (κ2) is 8.77. The Hall–Kier alpha value is -2.75. The summed E-state index contributed by atoms with van der Waals surface area (Å²) in [5.74, 6) is 1.31. The lowest BCUT2D eigenvalue weighted by molar-refractivity contribution is -0.113. The summed E-state index contributed by atoms with van der Waals surface area (Å²) in [5, 5.41) is 0. The molecule has 2 aromatic rings. The van der Waals surface area contributed by atoms with Crippen LogP contribution >= 0.6 is 0 Å². The lowest BCUT2D eigenvalue weighted by Crippen LogP contribution is -2.23. The van der Waals surface area contributed by atoms with E-state index >= 15 is 0 Å². The van der Waals surface area contributed by atoms with Gasteiger partial charge in [-0.2, -0.15) is 0 Å². The quantitative estimate of drug-likeness (QED) is 0.718. The molecule has 0 radical (unpaired) electrons. The normalized spacial score (nSPS) is 10.6. The van der Waals surface area contributed by atoms with Gasteiger partial charge in [0.15, 0.2) is 11.5 Å². The maximum Gasteiger partial charge on any atom is 0.250 e. The predicted octanol–water partition coefficient (Wildman–Crippen LogP) is 4.16. The smallest absolute Gasteiger partial charge is 0.250 e. The van der Waals surface area contributed by atoms with E-state index in [0.29, 0.717) is 24.7 Å². The number of carbonyl (C=O) groups is 1. The van der Waals surface area contributed by atoms with E-state index in [-0.39, 0.29) is 5.91 Å². The summed E-state index contributed by atoms with van der Waals surface area (Å²) in [6.45, 7) is 5.00. The number of rotatable bonds is 7. The Balaban J connectivity index is 2.13. The molecular formula is C20H23NO3. The Bertz CT molecular complexity index is 695. The van der Waals surface area contributed by atoms with Crippen LogP contribution in [-0.4, -0.2) is 26.2 Å². The fourth-order valence-corrected chi connectivity index (χ4v) is 2.23. The first kappa shape index (κ1) is 17.6. The van der Waals surface area contributed by atoms with Crippen LogP contribution in [0.2, 0.25) is 0 Å². The van der Waals surface area contributed by atoms with Crippen molar-refractivity contribution < 1.29 is 14.3 Å². The number of likely N-dealkylation sites (N-methyl/N-ethyl adjacent to an activating group) is 1. The molecule has 0 aromatic heterocycles. The first-order valence-electron chi connectivity index (χ1n) is 8.06. The van der Waals surface area contributed by atoms with Gasteiger partial charge >= 0.3 is 0 Å². The van der Waals surface area contributed by atoms with Gasteiger partial charge < -0.3 is 14.4 Å². The molecule has 0 atom stereocenters. The minimum absolute atomic E-state index is 0.0898. The van der Waals surface area contributed by atoms with Gasteiger partial charge in [0.05, 0.1) is 13.2 Å². The van der Waals surface area contributed by atoms with E-state index in [2.05, 4.69) is 0 Å². The van der Waals surface area contributed by atoms with Crippen LogP contribution < -0.4 is 14.4 Å². The molecule has 0 aliphatic heterocycles. The Morgan fingerprint density at radius 1 is 1.00 bits per heavy atom. The van der Waals surface area contributed by atoms with Crippen molar-refractivity contribution in [3.63, 3.8) is 0 Å². The van der Waals surface area contributed by atoms with Crippen LogP contribution in [-0.2, 0) is 4.79 Å². The zero-order valence-corrected chi connectivity index (χ0v) is 14.4. The Labute approximate surface area is 143 Å². The van der Waals surface area contributed by atoms with Crippen molar-refractivity contribution in [2.24, 2.45) is 0 Å². The lowest BCUT2D eigenvalue weighted by atomic mass is 10.2. The third kappa shape index (κ3) is 4.62. The minimum Gasteiger partial charge on any atom is -0.490 e. The van der Waals surface area contributed by atoms with Crippen LogP contribution in [0.3, 0.4) is 0 Å². The molecule has 24 heavy (non-hydrogen) atoms. The van der Waals surface area contributed by atoms with Gasteiger partial charge in [0.25, 0.3) is 5.91 Å². The fourth-order valence-electron chi connectivity index (χ4n) is 2.23. The van der Waals surface area contributed by atoms with E-state index in [1.807, 2.05) is 62.4 Å². The molecule has 0 spiro atoms. The molecule has 0 bridgehead atoms. The summed E-state index contributed by atoms with van der Waals surface area (Å²) in [6, 6.07) is 15.2. The van der Waals surface area contributed by atoms with Gasteiger partial charge in [0.2, 0.25) is 0 Å². The molecule has 4 nitrogen and oxygen atoms in total. The molecule has 0 unspecified atom stereocenters.